The molecule has 4 rings (SSSR count). The Morgan fingerprint density at radius 2 is 2.03 bits per heavy atom. The summed E-state index contributed by atoms with van der Waals surface area (Å²) < 4.78 is 15.2. The van der Waals surface area contributed by atoms with Gasteiger partial charge >= 0.3 is 0 Å². The van der Waals surface area contributed by atoms with Crippen molar-refractivity contribution in [2.75, 3.05) is 5.73 Å². The Kier molecular flexibility index (Phi) is 6.50. The summed E-state index contributed by atoms with van der Waals surface area (Å²) >= 11 is 0.756. The monoisotopic (exact) mass is 471 g/mol. The molecule has 1 saturated carbocycles. The smallest absolute Gasteiger partial charge is 0.270 e. The van der Waals surface area contributed by atoms with Gasteiger partial charge in [0.05, 0.1) is 18.5 Å². The molecule has 3 aromatic rings. The molecule has 0 aromatic carbocycles. The molecule has 11 heteroatoms. The Labute approximate surface area is 194 Å². The molecule has 0 saturated heterocycles. The van der Waals surface area contributed by atoms with Gasteiger partial charge in [-0.2, -0.15) is 4.37 Å². The minimum absolute atomic E-state index is 0.0114. The highest BCUT2D eigenvalue weighted by atomic mass is 32.1. The Hall–Kier alpha value is -3.60. The molecule has 0 unspecified atom stereocenters. The normalized spacial score (nSPS) is 14.8. The lowest BCUT2D eigenvalue weighted by atomic mass is 10.1. The molecule has 5 N–H and O–H groups in total. The van der Waals surface area contributed by atoms with E-state index in [4.69, 9.17) is 20.3 Å². The van der Waals surface area contributed by atoms with Gasteiger partial charge in [0.15, 0.2) is 11.7 Å². The van der Waals surface area contributed by atoms with Crippen molar-refractivity contribution in [3.05, 3.63) is 58.4 Å². The van der Waals surface area contributed by atoms with Crippen LogP contribution in [0.4, 0.5) is 5.69 Å². The number of nitrogen functional groups attached to an aromatic ring is 1. The van der Waals surface area contributed by atoms with Crippen LogP contribution in [0, 0.1) is 6.92 Å². The quantitative estimate of drug-likeness (QED) is 0.456. The van der Waals surface area contributed by atoms with Gasteiger partial charge in [0.2, 0.25) is 0 Å². The maximum atomic E-state index is 13.7. The third-order valence-electron chi connectivity index (χ3n) is 5.61. The number of aromatic nitrogens is 1. The van der Waals surface area contributed by atoms with Crippen molar-refractivity contribution in [2.45, 2.75) is 51.2 Å². The van der Waals surface area contributed by atoms with Gasteiger partial charge in [0.1, 0.15) is 22.2 Å². The third-order valence-corrected chi connectivity index (χ3v) is 6.47. The molecule has 1 atom stereocenters. The molecule has 10 nitrogen and oxygen atoms in total. The lowest BCUT2D eigenvalue weighted by Crippen LogP contribution is -2.45. The van der Waals surface area contributed by atoms with Crippen molar-refractivity contribution in [1.82, 2.24) is 14.6 Å². The first-order chi connectivity index (χ1) is 15.8. The van der Waals surface area contributed by atoms with Crippen LogP contribution in [0.1, 0.15) is 69.2 Å². The summed E-state index contributed by atoms with van der Waals surface area (Å²) in [6.45, 7) is 1.73. The predicted molar refractivity (Wildman–Crippen MR) is 120 cm³/mol. The number of carbonyl (C=O) groups is 3. The summed E-state index contributed by atoms with van der Waals surface area (Å²) in [6, 6.07) is 5.73. The lowest BCUT2D eigenvalue weighted by Gasteiger charge is -2.30. The van der Waals surface area contributed by atoms with E-state index in [0.29, 0.717) is 17.3 Å². The summed E-state index contributed by atoms with van der Waals surface area (Å²) in [4.78, 5) is 40.1. The first-order valence-electron chi connectivity index (χ1n) is 10.6. The number of nitrogens with zero attached hydrogens (tertiary/aromatic N) is 2. The Bertz CT molecular complexity index is 1150. The summed E-state index contributed by atoms with van der Waals surface area (Å²) in [5.74, 6) is -0.423. The molecule has 1 fully saturated rings. The number of nitrogens with one attached hydrogen (secondary N) is 1. The van der Waals surface area contributed by atoms with Crippen molar-refractivity contribution in [3.63, 3.8) is 0 Å². The van der Waals surface area contributed by atoms with Gasteiger partial charge in [0.25, 0.3) is 17.7 Å². The Balaban J connectivity index is 1.75. The standard InChI is InChI=1S/C22H25N5O5S/c1-12-8-9-15(32-12)18(21(29)25-13-5-2-3-6-13)27(11-14-7-4-10-31-14)22(30)19-16(23)17(20(24)28)26-33-19/h4,7-10,13,18H,2-3,5-6,11,23H2,1H3,(H2,24,28)(H,25,29)/t18-/m1/s1. The third kappa shape index (κ3) is 4.77. The van der Waals surface area contributed by atoms with E-state index in [1.165, 1.54) is 11.2 Å². The number of furan rings is 2. The molecule has 1 aliphatic rings. The second-order valence-corrected chi connectivity index (χ2v) is 8.76. The molecule has 3 amide bonds. The summed E-state index contributed by atoms with van der Waals surface area (Å²) in [6.07, 6.45) is 5.32. The molecule has 1 aliphatic carbocycles. The molecule has 3 aromatic heterocycles. The van der Waals surface area contributed by atoms with Crippen molar-refractivity contribution in [3.8, 4) is 0 Å². The summed E-state index contributed by atoms with van der Waals surface area (Å²) in [5.41, 5.74) is 11.0. The van der Waals surface area contributed by atoms with Crippen LogP contribution < -0.4 is 16.8 Å². The molecule has 3 heterocycles. The molecule has 0 spiro atoms. The number of hydrogen-bond donors (Lipinski definition) is 3. The average Bonchev–Trinajstić information content (AvgIpc) is 3.56. The zero-order valence-corrected chi connectivity index (χ0v) is 18.9. The Morgan fingerprint density at radius 3 is 2.61 bits per heavy atom. The maximum Gasteiger partial charge on any atom is 0.270 e. The fourth-order valence-corrected chi connectivity index (χ4v) is 4.75. The minimum Gasteiger partial charge on any atom is -0.467 e. The zero-order chi connectivity index (χ0) is 23.5. The van der Waals surface area contributed by atoms with Gasteiger partial charge in [-0.3, -0.25) is 14.4 Å². The van der Waals surface area contributed by atoms with Crippen molar-refractivity contribution in [1.29, 1.82) is 0 Å². The predicted octanol–water partition coefficient (Wildman–Crippen LogP) is 2.76. The number of carbonyl (C=O) groups excluding carboxylic acids is 3. The molecule has 0 aliphatic heterocycles. The van der Waals surface area contributed by atoms with E-state index < -0.39 is 17.9 Å². The topological polar surface area (TPSA) is 158 Å². The van der Waals surface area contributed by atoms with E-state index in [1.54, 1.807) is 31.2 Å². The highest BCUT2D eigenvalue weighted by Gasteiger charge is 2.38. The van der Waals surface area contributed by atoms with E-state index in [-0.39, 0.29) is 34.8 Å². The van der Waals surface area contributed by atoms with Gasteiger partial charge < -0.3 is 30.5 Å². The number of primary amides is 1. The SMILES string of the molecule is Cc1ccc([C@H](C(=O)NC2CCCC2)N(Cc2ccco2)C(=O)c2snc(C(N)=O)c2N)o1. The van der Waals surface area contributed by atoms with Crippen LogP contribution in [0.2, 0.25) is 0 Å². The first-order valence-corrected chi connectivity index (χ1v) is 11.4. The van der Waals surface area contributed by atoms with Crippen LogP contribution in [-0.4, -0.2) is 33.0 Å². The van der Waals surface area contributed by atoms with E-state index in [9.17, 15) is 14.4 Å². The minimum atomic E-state index is -1.09. The van der Waals surface area contributed by atoms with Gasteiger partial charge in [-0.25, -0.2) is 0 Å². The molecule has 33 heavy (non-hydrogen) atoms. The molecule has 174 valence electrons. The van der Waals surface area contributed by atoms with Gasteiger partial charge in [0, 0.05) is 6.04 Å². The summed E-state index contributed by atoms with van der Waals surface area (Å²) in [5, 5.41) is 3.05. The highest BCUT2D eigenvalue weighted by molar-refractivity contribution is 7.09. The number of amides is 3. The first kappa shape index (κ1) is 22.6. The number of hydrogen-bond acceptors (Lipinski definition) is 8. The van der Waals surface area contributed by atoms with Gasteiger partial charge in [-0.15, -0.1) is 0 Å². The fourth-order valence-electron chi connectivity index (χ4n) is 3.99. The van der Waals surface area contributed by atoms with E-state index in [0.717, 1.165) is 37.2 Å². The van der Waals surface area contributed by atoms with Crippen LogP contribution in [-0.2, 0) is 11.3 Å². The van der Waals surface area contributed by atoms with Gasteiger partial charge in [-0.05, 0) is 55.6 Å². The van der Waals surface area contributed by atoms with Crippen molar-refractivity contribution < 1.29 is 23.2 Å². The second-order valence-electron chi connectivity index (χ2n) is 7.99. The number of aryl methyl sites for hydroxylation is 1. The molecular formula is C22H25N5O5S. The van der Waals surface area contributed by atoms with E-state index >= 15 is 0 Å². The highest BCUT2D eigenvalue weighted by Crippen LogP contribution is 2.31. The second kappa shape index (κ2) is 9.49. The molecule has 0 radical (unpaired) electrons. The van der Waals surface area contributed by atoms with Crippen LogP contribution in [0.5, 0.6) is 0 Å². The van der Waals surface area contributed by atoms with Crippen LogP contribution in [0.25, 0.3) is 0 Å². The van der Waals surface area contributed by atoms with Crippen LogP contribution >= 0.6 is 11.5 Å². The summed E-state index contributed by atoms with van der Waals surface area (Å²) in [7, 11) is 0. The van der Waals surface area contributed by atoms with E-state index in [2.05, 4.69) is 9.69 Å². The lowest BCUT2D eigenvalue weighted by molar-refractivity contribution is -0.127. The average molecular weight is 472 g/mol. The number of anilines is 1. The van der Waals surface area contributed by atoms with Crippen LogP contribution in [0.15, 0.2) is 39.4 Å². The van der Waals surface area contributed by atoms with Crippen molar-refractivity contribution in [2.24, 2.45) is 5.73 Å². The van der Waals surface area contributed by atoms with E-state index in [1.807, 2.05) is 0 Å². The Morgan fingerprint density at radius 1 is 1.27 bits per heavy atom. The molecule has 0 bridgehead atoms. The largest absolute Gasteiger partial charge is 0.467 e. The van der Waals surface area contributed by atoms with Gasteiger partial charge in [-0.1, -0.05) is 12.8 Å². The zero-order valence-electron chi connectivity index (χ0n) is 18.1. The van der Waals surface area contributed by atoms with Crippen LogP contribution in [0.3, 0.4) is 0 Å². The number of nitrogens with two attached hydrogens (primary N) is 2. The number of rotatable bonds is 8. The van der Waals surface area contributed by atoms with Crippen molar-refractivity contribution >= 4 is 34.9 Å². The molecular weight excluding hydrogens is 446 g/mol. The fraction of sp³-hybridized carbons (Fsp3) is 0.364. The maximum absolute atomic E-state index is 13.7.